The lowest BCUT2D eigenvalue weighted by Gasteiger charge is -2.38. The Labute approximate surface area is 156 Å². The van der Waals surface area contributed by atoms with Gasteiger partial charge in [0.25, 0.3) is 5.91 Å². The molecule has 0 radical (unpaired) electrons. The summed E-state index contributed by atoms with van der Waals surface area (Å²) in [4.78, 5) is 25.5. The van der Waals surface area contributed by atoms with E-state index < -0.39 is 23.6 Å². The first-order chi connectivity index (χ1) is 11.6. The van der Waals surface area contributed by atoms with Gasteiger partial charge in [-0.05, 0) is 37.0 Å². The normalized spacial score (nSPS) is 20.3. The van der Waals surface area contributed by atoms with Gasteiger partial charge < -0.3 is 16.0 Å². The third kappa shape index (κ3) is 5.35. The standard InChI is InChI=1S/C17H22F3N3O2.ClH/c1-10-3-4-23(15(5-10)9-21)16(25)12-6-13(17(18,19)20)8-14(7-12)22-11(2)24;/h6-8,10,15H,3-5,9,21H2,1-2H3,(H,22,24);1H. The van der Waals surface area contributed by atoms with Crippen LogP contribution in [0.3, 0.4) is 0 Å². The number of rotatable bonds is 3. The van der Waals surface area contributed by atoms with E-state index in [2.05, 4.69) is 12.2 Å². The Kier molecular flexibility index (Phi) is 7.46. The van der Waals surface area contributed by atoms with Gasteiger partial charge in [0.15, 0.2) is 0 Å². The molecular weight excluding hydrogens is 371 g/mol. The Bertz CT molecular complexity index is 667. The van der Waals surface area contributed by atoms with Gasteiger partial charge in [0.05, 0.1) is 5.56 Å². The number of piperidine rings is 1. The third-order valence-electron chi connectivity index (χ3n) is 4.34. The number of carbonyl (C=O) groups excluding carboxylic acids is 2. The van der Waals surface area contributed by atoms with Crippen LogP contribution in [0.5, 0.6) is 0 Å². The summed E-state index contributed by atoms with van der Waals surface area (Å²) in [6.07, 6.45) is -3.12. The summed E-state index contributed by atoms with van der Waals surface area (Å²) in [5, 5.41) is 2.31. The summed E-state index contributed by atoms with van der Waals surface area (Å²) in [5.74, 6) is -0.599. The zero-order valence-electron chi connectivity index (χ0n) is 14.6. The van der Waals surface area contributed by atoms with Crippen molar-refractivity contribution in [1.29, 1.82) is 0 Å². The molecule has 1 heterocycles. The molecule has 2 unspecified atom stereocenters. The van der Waals surface area contributed by atoms with Crippen LogP contribution in [0.2, 0.25) is 0 Å². The van der Waals surface area contributed by atoms with Crippen molar-refractivity contribution in [3.8, 4) is 0 Å². The molecular formula is C17H23ClF3N3O2. The van der Waals surface area contributed by atoms with Crippen LogP contribution >= 0.6 is 12.4 Å². The molecule has 1 aliphatic heterocycles. The molecule has 0 saturated carbocycles. The molecule has 1 aromatic carbocycles. The number of benzene rings is 1. The number of hydrogen-bond donors (Lipinski definition) is 2. The lowest BCUT2D eigenvalue weighted by Crippen LogP contribution is -2.49. The molecule has 1 saturated heterocycles. The van der Waals surface area contributed by atoms with Crippen LogP contribution in [0.1, 0.15) is 42.6 Å². The van der Waals surface area contributed by atoms with Crippen molar-refractivity contribution in [3.63, 3.8) is 0 Å². The molecule has 0 bridgehead atoms. The summed E-state index contributed by atoms with van der Waals surface area (Å²) >= 11 is 0. The number of halogens is 4. The molecule has 9 heteroatoms. The lowest BCUT2D eigenvalue weighted by molar-refractivity contribution is -0.137. The van der Waals surface area contributed by atoms with Crippen LogP contribution < -0.4 is 11.1 Å². The molecule has 146 valence electrons. The van der Waals surface area contributed by atoms with Crippen molar-refractivity contribution in [2.45, 2.75) is 38.9 Å². The van der Waals surface area contributed by atoms with Gasteiger partial charge in [-0.15, -0.1) is 12.4 Å². The van der Waals surface area contributed by atoms with E-state index in [-0.39, 0.29) is 36.2 Å². The second kappa shape index (κ2) is 8.73. The highest BCUT2D eigenvalue weighted by atomic mass is 35.5. The summed E-state index contributed by atoms with van der Waals surface area (Å²) in [6.45, 7) is 3.96. The van der Waals surface area contributed by atoms with Gasteiger partial charge in [-0.2, -0.15) is 13.2 Å². The Morgan fingerprint density at radius 3 is 2.50 bits per heavy atom. The number of likely N-dealkylation sites (tertiary alicyclic amines) is 1. The van der Waals surface area contributed by atoms with E-state index in [1.54, 1.807) is 0 Å². The largest absolute Gasteiger partial charge is 0.416 e. The Hall–Kier alpha value is -1.80. The van der Waals surface area contributed by atoms with Crippen molar-refractivity contribution >= 4 is 29.9 Å². The molecule has 2 rings (SSSR count). The molecule has 0 aromatic heterocycles. The minimum Gasteiger partial charge on any atom is -0.334 e. The van der Waals surface area contributed by atoms with Gasteiger partial charge in [0.2, 0.25) is 5.91 Å². The molecule has 3 N–H and O–H groups in total. The van der Waals surface area contributed by atoms with Gasteiger partial charge in [0.1, 0.15) is 0 Å². The Balaban J connectivity index is 0.00000338. The zero-order valence-corrected chi connectivity index (χ0v) is 15.4. The smallest absolute Gasteiger partial charge is 0.334 e. The van der Waals surface area contributed by atoms with Crippen LogP contribution in [-0.2, 0) is 11.0 Å². The number of amides is 2. The summed E-state index contributed by atoms with van der Waals surface area (Å²) in [7, 11) is 0. The van der Waals surface area contributed by atoms with E-state index in [0.717, 1.165) is 25.0 Å². The number of nitrogens with one attached hydrogen (secondary N) is 1. The second-order valence-electron chi connectivity index (χ2n) is 6.50. The molecule has 1 aromatic rings. The first-order valence-corrected chi connectivity index (χ1v) is 8.12. The van der Waals surface area contributed by atoms with Crippen molar-refractivity contribution < 1.29 is 22.8 Å². The fourth-order valence-corrected chi connectivity index (χ4v) is 3.10. The zero-order chi connectivity index (χ0) is 18.8. The minimum absolute atomic E-state index is 0. The SMILES string of the molecule is CC(=O)Nc1cc(C(=O)N2CCC(C)CC2CN)cc(C(F)(F)F)c1.Cl. The molecule has 0 spiro atoms. The number of nitrogens with two attached hydrogens (primary N) is 1. The van der Waals surface area contributed by atoms with Crippen molar-refractivity contribution in [3.05, 3.63) is 29.3 Å². The van der Waals surface area contributed by atoms with Crippen LogP contribution in [-0.4, -0.2) is 35.8 Å². The number of alkyl halides is 3. The molecule has 1 fully saturated rings. The molecule has 2 atom stereocenters. The van der Waals surface area contributed by atoms with Gasteiger partial charge >= 0.3 is 6.18 Å². The van der Waals surface area contributed by atoms with Gasteiger partial charge in [-0.25, -0.2) is 0 Å². The Morgan fingerprint density at radius 1 is 1.31 bits per heavy atom. The minimum atomic E-state index is -4.62. The van der Waals surface area contributed by atoms with E-state index in [0.29, 0.717) is 12.5 Å². The van der Waals surface area contributed by atoms with Gasteiger partial charge in [-0.3, -0.25) is 9.59 Å². The van der Waals surface area contributed by atoms with Gasteiger partial charge in [0, 0.05) is 37.3 Å². The van der Waals surface area contributed by atoms with E-state index in [4.69, 9.17) is 5.73 Å². The number of nitrogens with zero attached hydrogens (tertiary/aromatic N) is 1. The predicted octanol–water partition coefficient (Wildman–Crippen LogP) is 3.29. The number of carbonyl (C=O) groups is 2. The highest BCUT2D eigenvalue weighted by Gasteiger charge is 2.34. The fraction of sp³-hybridized carbons (Fsp3) is 0.529. The number of anilines is 1. The highest BCUT2D eigenvalue weighted by molar-refractivity contribution is 5.97. The van der Waals surface area contributed by atoms with E-state index >= 15 is 0 Å². The lowest BCUT2D eigenvalue weighted by atomic mass is 9.91. The number of hydrogen-bond acceptors (Lipinski definition) is 3. The predicted molar refractivity (Wildman–Crippen MR) is 95.3 cm³/mol. The maximum atomic E-state index is 13.1. The topological polar surface area (TPSA) is 75.4 Å². The first-order valence-electron chi connectivity index (χ1n) is 8.12. The highest BCUT2D eigenvalue weighted by Crippen LogP contribution is 2.33. The maximum absolute atomic E-state index is 13.1. The molecule has 5 nitrogen and oxygen atoms in total. The Morgan fingerprint density at radius 2 is 1.96 bits per heavy atom. The average Bonchev–Trinajstić information content (AvgIpc) is 2.52. The average molecular weight is 394 g/mol. The van der Waals surface area contributed by atoms with E-state index in [9.17, 15) is 22.8 Å². The summed E-state index contributed by atoms with van der Waals surface area (Å²) in [5.41, 5.74) is 4.60. The summed E-state index contributed by atoms with van der Waals surface area (Å²) in [6, 6.07) is 2.70. The summed E-state index contributed by atoms with van der Waals surface area (Å²) < 4.78 is 39.4. The van der Waals surface area contributed by atoms with E-state index in [1.165, 1.54) is 17.9 Å². The van der Waals surface area contributed by atoms with Crippen molar-refractivity contribution in [1.82, 2.24) is 4.90 Å². The van der Waals surface area contributed by atoms with Gasteiger partial charge in [-0.1, -0.05) is 6.92 Å². The third-order valence-corrected chi connectivity index (χ3v) is 4.34. The quantitative estimate of drug-likeness (QED) is 0.827. The monoisotopic (exact) mass is 393 g/mol. The molecule has 26 heavy (non-hydrogen) atoms. The van der Waals surface area contributed by atoms with Crippen molar-refractivity contribution in [2.75, 3.05) is 18.4 Å². The van der Waals surface area contributed by atoms with E-state index in [1.807, 2.05) is 0 Å². The van der Waals surface area contributed by atoms with Crippen LogP contribution in [0, 0.1) is 5.92 Å². The fourth-order valence-electron chi connectivity index (χ4n) is 3.10. The van der Waals surface area contributed by atoms with Crippen molar-refractivity contribution in [2.24, 2.45) is 11.7 Å². The van der Waals surface area contributed by atoms with Crippen LogP contribution in [0.25, 0.3) is 0 Å². The first kappa shape index (κ1) is 22.2. The molecule has 0 aliphatic carbocycles. The maximum Gasteiger partial charge on any atom is 0.416 e. The molecule has 1 aliphatic rings. The van der Waals surface area contributed by atoms with Crippen LogP contribution in [0.15, 0.2) is 18.2 Å². The molecule has 2 amide bonds. The van der Waals surface area contributed by atoms with Crippen LogP contribution in [0.4, 0.5) is 18.9 Å². The second-order valence-corrected chi connectivity index (χ2v) is 6.50.